The van der Waals surface area contributed by atoms with Gasteiger partial charge in [-0.3, -0.25) is 4.79 Å². The van der Waals surface area contributed by atoms with E-state index in [-0.39, 0.29) is 51.9 Å². The Balaban J connectivity index is 1.91. The molecule has 0 bridgehead atoms. The fourth-order valence-corrected chi connectivity index (χ4v) is 8.20. The molecule has 2 fully saturated rings. The van der Waals surface area contributed by atoms with Crippen molar-refractivity contribution in [1.29, 1.82) is 0 Å². The van der Waals surface area contributed by atoms with Gasteiger partial charge in [0, 0.05) is 30.3 Å². The van der Waals surface area contributed by atoms with E-state index in [4.69, 9.17) is 0 Å². The number of hydrogen-bond donors (Lipinski definition) is 2. The Labute approximate surface area is 208 Å². The summed E-state index contributed by atoms with van der Waals surface area (Å²) in [6.45, 7) is 14.8. The Morgan fingerprint density at radius 1 is 1.18 bits per heavy atom. The maximum atomic E-state index is 12.6. The first-order chi connectivity index (χ1) is 15.7. The standard InChI is InChI=1S/C29H50N2O3/c1-18(2)26(34)30-23-11-10-13-29(20(23)4)14-12-22(16-29)27(6)17-24(33)25(21(5)31(8)9)28(27,7)15-19(3)32/h10,13,18,20-25,33H,11-12,14-17H2,1-9H3,(H,30,34)/t20-,21?,22?,23-,24+,25?,27-,28+,29?/m0/s1. The highest BCUT2D eigenvalue weighted by atomic mass is 16.3. The van der Waals surface area contributed by atoms with E-state index in [1.165, 1.54) is 0 Å². The molecule has 4 unspecified atom stereocenters. The molecule has 3 rings (SSSR count). The van der Waals surface area contributed by atoms with Crippen LogP contribution in [-0.4, -0.2) is 54.0 Å². The summed E-state index contributed by atoms with van der Waals surface area (Å²) in [5, 5.41) is 14.7. The normalized spacial score (nSPS) is 43.1. The molecule has 5 nitrogen and oxygen atoms in total. The molecule has 0 radical (unpaired) electrons. The first-order valence-corrected chi connectivity index (χ1v) is 13.5. The molecule has 0 aromatic carbocycles. The summed E-state index contributed by atoms with van der Waals surface area (Å²) in [5.41, 5.74) is -0.294. The Bertz CT molecular complexity index is 807. The summed E-state index contributed by atoms with van der Waals surface area (Å²) in [4.78, 5) is 27.2. The minimum Gasteiger partial charge on any atom is -0.393 e. The molecule has 0 saturated heterocycles. The molecule has 0 aliphatic heterocycles. The molecule has 3 aliphatic rings. The number of carbonyl (C=O) groups excluding carboxylic acids is 2. The van der Waals surface area contributed by atoms with Crippen molar-refractivity contribution in [3.05, 3.63) is 12.2 Å². The monoisotopic (exact) mass is 474 g/mol. The number of hydrogen-bond acceptors (Lipinski definition) is 4. The predicted molar refractivity (Wildman–Crippen MR) is 138 cm³/mol. The third kappa shape index (κ3) is 4.52. The minimum atomic E-state index is -0.402. The molecule has 9 atom stereocenters. The highest BCUT2D eigenvalue weighted by molar-refractivity contribution is 5.78. The van der Waals surface area contributed by atoms with Gasteiger partial charge < -0.3 is 20.1 Å². The first kappa shape index (κ1) is 27.4. The van der Waals surface area contributed by atoms with E-state index in [2.05, 4.69) is 64.2 Å². The summed E-state index contributed by atoms with van der Waals surface area (Å²) >= 11 is 0. The molecule has 2 N–H and O–H groups in total. The van der Waals surface area contributed by atoms with E-state index in [9.17, 15) is 14.7 Å². The Kier molecular flexibility index (Phi) is 7.80. The van der Waals surface area contributed by atoms with Crippen molar-refractivity contribution >= 4 is 11.7 Å². The van der Waals surface area contributed by atoms with Crippen LogP contribution in [0.25, 0.3) is 0 Å². The van der Waals surface area contributed by atoms with Crippen LogP contribution in [0.1, 0.15) is 87.0 Å². The molecular formula is C29H50N2O3. The summed E-state index contributed by atoms with van der Waals surface area (Å²) < 4.78 is 0. The van der Waals surface area contributed by atoms with E-state index >= 15 is 0 Å². The van der Waals surface area contributed by atoms with Crippen molar-refractivity contribution in [2.45, 2.75) is 105 Å². The van der Waals surface area contributed by atoms with Gasteiger partial charge in [-0.15, -0.1) is 0 Å². The third-order valence-electron chi connectivity index (χ3n) is 10.7. The highest BCUT2D eigenvalue weighted by Gasteiger charge is 2.64. The molecule has 194 valence electrons. The van der Waals surface area contributed by atoms with Crippen molar-refractivity contribution in [3.8, 4) is 0 Å². The Morgan fingerprint density at radius 2 is 1.82 bits per heavy atom. The van der Waals surface area contributed by atoms with E-state index in [0.29, 0.717) is 18.3 Å². The molecule has 5 heteroatoms. The van der Waals surface area contributed by atoms with Crippen LogP contribution in [0.4, 0.5) is 0 Å². The van der Waals surface area contributed by atoms with Crippen molar-refractivity contribution in [2.24, 2.45) is 39.9 Å². The predicted octanol–water partition coefficient (Wildman–Crippen LogP) is 4.83. The fourth-order valence-electron chi connectivity index (χ4n) is 8.20. The van der Waals surface area contributed by atoms with Crippen molar-refractivity contribution in [3.63, 3.8) is 0 Å². The maximum Gasteiger partial charge on any atom is 0.222 e. The van der Waals surface area contributed by atoms with Gasteiger partial charge in [0.2, 0.25) is 5.91 Å². The minimum absolute atomic E-state index is 0.00724. The van der Waals surface area contributed by atoms with E-state index in [0.717, 1.165) is 32.1 Å². The summed E-state index contributed by atoms with van der Waals surface area (Å²) in [6, 6.07) is 0.367. The zero-order chi connectivity index (χ0) is 25.6. The molecule has 0 aromatic heterocycles. The van der Waals surface area contributed by atoms with E-state index < -0.39 is 6.10 Å². The molecule has 0 aromatic rings. The first-order valence-electron chi connectivity index (χ1n) is 13.5. The number of allylic oxidation sites excluding steroid dienone is 1. The van der Waals surface area contributed by atoms with Crippen molar-refractivity contribution in [2.75, 3.05) is 14.1 Å². The van der Waals surface area contributed by atoms with Crippen LogP contribution in [0, 0.1) is 39.9 Å². The average Bonchev–Trinajstić information content (AvgIpc) is 3.23. The molecule has 0 heterocycles. The number of amides is 1. The zero-order valence-electron chi connectivity index (χ0n) is 23.1. The van der Waals surface area contributed by atoms with Crippen LogP contribution in [0.3, 0.4) is 0 Å². The van der Waals surface area contributed by atoms with Gasteiger partial charge in [0.15, 0.2) is 0 Å². The Hall–Kier alpha value is -1.20. The second-order valence-electron chi connectivity index (χ2n) is 13.1. The van der Waals surface area contributed by atoms with Gasteiger partial charge in [0.25, 0.3) is 0 Å². The van der Waals surface area contributed by atoms with Crippen LogP contribution in [0.5, 0.6) is 0 Å². The quantitative estimate of drug-likeness (QED) is 0.519. The smallest absolute Gasteiger partial charge is 0.222 e. The van der Waals surface area contributed by atoms with Crippen molar-refractivity contribution in [1.82, 2.24) is 10.2 Å². The summed E-state index contributed by atoms with van der Waals surface area (Å²) in [7, 11) is 4.15. The van der Waals surface area contributed by atoms with E-state index in [1.54, 1.807) is 6.92 Å². The van der Waals surface area contributed by atoms with Crippen LogP contribution in [0.2, 0.25) is 0 Å². The fraction of sp³-hybridized carbons (Fsp3) is 0.862. The second kappa shape index (κ2) is 9.69. The number of ketones is 1. The molecule has 1 spiro atoms. The number of rotatable bonds is 7. The topological polar surface area (TPSA) is 69.6 Å². The SMILES string of the molecule is CC(=O)C[C@]1(C)C(C(C)N(C)C)[C@H](O)C[C@@]1(C)C1CCC2(C=CC[C@H](NC(=O)C(C)C)[C@@H]2C)C1. The van der Waals surface area contributed by atoms with Gasteiger partial charge in [-0.2, -0.15) is 0 Å². The number of Topliss-reactive ketones (excluding diaryl/α,β-unsaturated/α-hetero) is 1. The van der Waals surface area contributed by atoms with Gasteiger partial charge in [-0.25, -0.2) is 0 Å². The lowest BCUT2D eigenvalue weighted by Crippen LogP contribution is -2.50. The Morgan fingerprint density at radius 3 is 2.38 bits per heavy atom. The lowest BCUT2D eigenvalue weighted by Gasteiger charge is -2.51. The van der Waals surface area contributed by atoms with Crippen LogP contribution < -0.4 is 5.32 Å². The van der Waals surface area contributed by atoms with Crippen LogP contribution in [0.15, 0.2) is 12.2 Å². The third-order valence-corrected chi connectivity index (χ3v) is 10.7. The maximum absolute atomic E-state index is 12.6. The summed E-state index contributed by atoms with van der Waals surface area (Å²) in [5.74, 6) is 1.22. The van der Waals surface area contributed by atoms with E-state index in [1.807, 2.05) is 13.8 Å². The van der Waals surface area contributed by atoms with Crippen molar-refractivity contribution < 1.29 is 14.7 Å². The molecular weight excluding hydrogens is 424 g/mol. The lowest BCUT2D eigenvalue weighted by atomic mass is 9.54. The summed E-state index contributed by atoms with van der Waals surface area (Å²) in [6.07, 6.45) is 9.78. The molecule has 34 heavy (non-hydrogen) atoms. The highest BCUT2D eigenvalue weighted by Crippen LogP contribution is 2.68. The number of nitrogens with zero attached hydrogens (tertiary/aromatic N) is 1. The lowest BCUT2D eigenvalue weighted by molar-refractivity contribution is -0.125. The number of nitrogens with one attached hydrogen (secondary N) is 1. The van der Waals surface area contributed by atoms with Gasteiger partial charge >= 0.3 is 0 Å². The molecule has 2 saturated carbocycles. The van der Waals surface area contributed by atoms with Gasteiger partial charge in [-0.1, -0.05) is 46.8 Å². The number of aliphatic hydroxyl groups excluding tert-OH is 1. The average molecular weight is 475 g/mol. The van der Waals surface area contributed by atoms with Crippen LogP contribution in [-0.2, 0) is 9.59 Å². The number of carbonyl (C=O) groups is 2. The van der Waals surface area contributed by atoms with Crippen LogP contribution >= 0.6 is 0 Å². The second-order valence-corrected chi connectivity index (χ2v) is 13.1. The zero-order valence-corrected chi connectivity index (χ0v) is 23.1. The molecule has 3 aliphatic carbocycles. The van der Waals surface area contributed by atoms with Gasteiger partial charge in [0.1, 0.15) is 5.78 Å². The molecule has 1 amide bonds. The largest absolute Gasteiger partial charge is 0.393 e. The number of aliphatic hydroxyl groups is 1. The van der Waals surface area contributed by atoms with Gasteiger partial charge in [-0.05, 0) is 88.1 Å². The van der Waals surface area contributed by atoms with Gasteiger partial charge in [0.05, 0.1) is 6.10 Å².